The molecule has 152 valence electrons. The zero-order valence-electron chi connectivity index (χ0n) is 17.6. The van der Waals surface area contributed by atoms with Crippen molar-refractivity contribution in [3.63, 3.8) is 0 Å². The molecule has 0 unspecified atom stereocenters. The number of rotatable bonds is 7. The Morgan fingerprint density at radius 1 is 0.800 bits per heavy atom. The van der Waals surface area contributed by atoms with Gasteiger partial charge >= 0.3 is 5.97 Å². The molecule has 3 nitrogen and oxygen atoms in total. The molecule has 0 bridgehead atoms. The smallest absolute Gasteiger partial charge is 0.338 e. The minimum Gasteiger partial charge on any atom is -0.461 e. The molecule has 0 fully saturated rings. The van der Waals surface area contributed by atoms with Crippen LogP contribution in [0.25, 0.3) is 22.8 Å². The zero-order valence-corrected chi connectivity index (χ0v) is 17.6. The molecule has 4 rings (SSSR count). The SMILES string of the molecule is CCN(CC)CCOC(=O)c1ccc(C=C2c3ccccc3-c3ccccc32)cc1. The van der Waals surface area contributed by atoms with E-state index in [0.717, 1.165) is 25.2 Å². The number of hydrogen-bond acceptors (Lipinski definition) is 3. The second-order valence-electron chi connectivity index (χ2n) is 7.43. The van der Waals surface area contributed by atoms with Gasteiger partial charge in [0, 0.05) is 6.54 Å². The van der Waals surface area contributed by atoms with E-state index < -0.39 is 0 Å². The highest BCUT2D eigenvalue weighted by Gasteiger charge is 2.22. The maximum absolute atomic E-state index is 12.3. The molecule has 30 heavy (non-hydrogen) atoms. The van der Waals surface area contributed by atoms with Crippen LogP contribution in [0.1, 0.15) is 40.9 Å². The van der Waals surface area contributed by atoms with Crippen LogP contribution in [0.5, 0.6) is 0 Å². The number of carbonyl (C=O) groups excluding carboxylic acids is 1. The molecule has 3 aromatic carbocycles. The lowest BCUT2D eigenvalue weighted by Crippen LogP contribution is -2.27. The fourth-order valence-electron chi connectivity index (χ4n) is 3.98. The van der Waals surface area contributed by atoms with Gasteiger partial charge in [0.2, 0.25) is 0 Å². The number of benzene rings is 3. The van der Waals surface area contributed by atoms with Crippen molar-refractivity contribution >= 4 is 17.6 Å². The van der Waals surface area contributed by atoms with E-state index in [0.29, 0.717) is 12.2 Å². The normalized spacial score (nSPS) is 11.9. The molecule has 0 spiro atoms. The van der Waals surface area contributed by atoms with E-state index in [1.54, 1.807) is 0 Å². The summed E-state index contributed by atoms with van der Waals surface area (Å²) < 4.78 is 5.43. The van der Waals surface area contributed by atoms with E-state index in [1.165, 1.54) is 27.8 Å². The predicted octanol–water partition coefficient (Wildman–Crippen LogP) is 5.75. The maximum atomic E-state index is 12.3. The van der Waals surface area contributed by atoms with Crippen LogP contribution < -0.4 is 0 Å². The van der Waals surface area contributed by atoms with Crippen LogP contribution in [-0.4, -0.2) is 37.1 Å². The first-order valence-corrected chi connectivity index (χ1v) is 10.6. The van der Waals surface area contributed by atoms with E-state index in [4.69, 9.17) is 4.74 Å². The zero-order chi connectivity index (χ0) is 20.9. The van der Waals surface area contributed by atoms with Gasteiger partial charge in [-0.25, -0.2) is 4.79 Å². The van der Waals surface area contributed by atoms with Crippen molar-refractivity contribution in [2.75, 3.05) is 26.2 Å². The Labute approximate surface area is 178 Å². The summed E-state index contributed by atoms with van der Waals surface area (Å²) in [6.45, 7) is 7.33. The minimum atomic E-state index is -0.266. The molecule has 0 N–H and O–H groups in total. The fourth-order valence-corrected chi connectivity index (χ4v) is 3.98. The molecule has 1 aliphatic rings. The second-order valence-corrected chi connectivity index (χ2v) is 7.43. The maximum Gasteiger partial charge on any atom is 0.338 e. The van der Waals surface area contributed by atoms with Crippen LogP contribution in [-0.2, 0) is 4.74 Å². The van der Waals surface area contributed by atoms with Crippen molar-refractivity contribution in [2.45, 2.75) is 13.8 Å². The highest BCUT2D eigenvalue weighted by Crippen LogP contribution is 2.44. The first-order valence-electron chi connectivity index (χ1n) is 10.6. The number of esters is 1. The van der Waals surface area contributed by atoms with E-state index in [9.17, 15) is 4.79 Å². The molecule has 3 aromatic rings. The summed E-state index contributed by atoms with van der Waals surface area (Å²) in [5.74, 6) is -0.266. The van der Waals surface area contributed by atoms with Crippen molar-refractivity contribution in [1.29, 1.82) is 0 Å². The standard InChI is InChI=1S/C27H27NO2/c1-3-28(4-2)17-18-30-27(29)21-15-13-20(14-16-21)19-26-24-11-7-5-9-22(24)23-10-6-8-12-25(23)26/h5-16,19H,3-4,17-18H2,1-2H3. The topological polar surface area (TPSA) is 29.5 Å². The third-order valence-electron chi connectivity index (χ3n) is 5.72. The number of nitrogens with zero attached hydrogens (tertiary/aromatic N) is 1. The molecular formula is C27H27NO2. The van der Waals surface area contributed by atoms with Crippen LogP contribution in [0.15, 0.2) is 72.8 Å². The third-order valence-corrected chi connectivity index (χ3v) is 5.72. The van der Waals surface area contributed by atoms with Gasteiger partial charge in [0.25, 0.3) is 0 Å². The molecule has 0 radical (unpaired) electrons. The predicted molar refractivity (Wildman–Crippen MR) is 123 cm³/mol. The fraction of sp³-hybridized carbons (Fsp3) is 0.222. The Morgan fingerprint density at radius 3 is 1.87 bits per heavy atom. The van der Waals surface area contributed by atoms with Gasteiger partial charge in [0.15, 0.2) is 0 Å². The molecule has 0 atom stereocenters. The van der Waals surface area contributed by atoms with Crippen molar-refractivity contribution in [2.24, 2.45) is 0 Å². The average Bonchev–Trinajstić information content (AvgIpc) is 3.11. The molecule has 0 aromatic heterocycles. The first kappa shape index (κ1) is 20.1. The summed E-state index contributed by atoms with van der Waals surface area (Å²) in [6.07, 6.45) is 2.19. The minimum absolute atomic E-state index is 0.266. The summed E-state index contributed by atoms with van der Waals surface area (Å²) in [5, 5.41) is 0. The monoisotopic (exact) mass is 397 g/mol. The third kappa shape index (κ3) is 4.07. The molecule has 0 saturated carbocycles. The van der Waals surface area contributed by atoms with Gasteiger partial charge in [-0.05, 0) is 64.7 Å². The molecule has 0 amide bonds. The van der Waals surface area contributed by atoms with Crippen LogP contribution in [0.4, 0.5) is 0 Å². The van der Waals surface area contributed by atoms with Gasteiger partial charge in [-0.15, -0.1) is 0 Å². The molecule has 0 saturated heterocycles. The summed E-state index contributed by atoms with van der Waals surface area (Å²) in [4.78, 5) is 14.6. The molecular weight excluding hydrogens is 370 g/mol. The number of hydrogen-bond donors (Lipinski definition) is 0. The van der Waals surface area contributed by atoms with Gasteiger partial charge in [-0.3, -0.25) is 0 Å². The number of fused-ring (bicyclic) bond motifs is 3. The number of ether oxygens (including phenoxy) is 1. The van der Waals surface area contributed by atoms with E-state index in [2.05, 4.69) is 73.4 Å². The first-order chi connectivity index (χ1) is 14.7. The lowest BCUT2D eigenvalue weighted by atomic mass is 10.0. The Hall–Kier alpha value is -3.17. The van der Waals surface area contributed by atoms with Crippen molar-refractivity contribution in [3.05, 3.63) is 95.1 Å². The molecule has 3 heteroatoms. The van der Waals surface area contributed by atoms with Crippen molar-refractivity contribution in [1.82, 2.24) is 4.90 Å². The van der Waals surface area contributed by atoms with Gasteiger partial charge in [0.1, 0.15) is 6.61 Å². The number of likely N-dealkylation sites (N-methyl/N-ethyl adjacent to an activating group) is 1. The van der Waals surface area contributed by atoms with E-state index in [-0.39, 0.29) is 5.97 Å². The largest absolute Gasteiger partial charge is 0.461 e. The Balaban J connectivity index is 1.51. The molecule has 0 heterocycles. The van der Waals surface area contributed by atoms with Gasteiger partial charge in [0.05, 0.1) is 5.56 Å². The van der Waals surface area contributed by atoms with E-state index >= 15 is 0 Å². The summed E-state index contributed by atoms with van der Waals surface area (Å²) >= 11 is 0. The Bertz CT molecular complexity index is 1010. The number of carbonyl (C=O) groups is 1. The highest BCUT2D eigenvalue weighted by molar-refractivity contribution is 6.06. The van der Waals surface area contributed by atoms with Crippen LogP contribution in [0.3, 0.4) is 0 Å². The lowest BCUT2D eigenvalue weighted by Gasteiger charge is -2.17. The summed E-state index contributed by atoms with van der Waals surface area (Å²) in [5.41, 5.74) is 7.91. The van der Waals surface area contributed by atoms with Gasteiger partial charge < -0.3 is 9.64 Å². The van der Waals surface area contributed by atoms with Gasteiger partial charge in [-0.1, -0.05) is 74.5 Å². The highest BCUT2D eigenvalue weighted by atomic mass is 16.5. The molecule has 1 aliphatic carbocycles. The van der Waals surface area contributed by atoms with Crippen LogP contribution in [0.2, 0.25) is 0 Å². The Kier molecular flexibility index (Phi) is 6.10. The second kappa shape index (κ2) is 9.10. The quantitative estimate of drug-likeness (QED) is 0.372. The summed E-state index contributed by atoms with van der Waals surface area (Å²) in [7, 11) is 0. The molecule has 0 aliphatic heterocycles. The van der Waals surface area contributed by atoms with Crippen LogP contribution >= 0.6 is 0 Å². The van der Waals surface area contributed by atoms with Crippen molar-refractivity contribution in [3.8, 4) is 11.1 Å². The van der Waals surface area contributed by atoms with Gasteiger partial charge in [-0.2, -0.15) is 0 Å². The lowest BCUT2D eigenvalue weighted by molar-refractivity contribution is 0.0466. The van der Waals surface area contributed by atoms with Crippen LogP contribution in [0, 0.1) is 0 Å². The van der Waals surface area contributed by atoms with E-state index in [1.807, 2.05) is 24.3 Å². The Morgan fingerprint density at radius 2 is 1.33 bits per heavy atom. The summed E-state index contributed by atoms with van der Waals surface area (Å²) in [6, 6.07) is 24.7. The average molecular weight is 398 g/mol. The van der Waals surface area contributed by atoms with Crippen molar-refractivity contribution < 1.29 is 9.53 Å².